The molecule has 0 unspecified atom stereocenters. The Morgan fingerprint density at radius 1 is 1.34 bits per heavy atom. The van der Waals surface area contributed by atoms with Crippen LogP contribution in [0.25, 0.3) is 0 Å². The highest BCUT2D eigenvalue weighted by molar-refractivity contribution is 7.84. The minimum atomic E-state index is -1.53. The molecule has 0 aromatic heterocycles. The van der Waals surface area contributed by atoms with E-state index >= 15 is 0 Å². The molecule has 2 N–H and O–H groups in total. The highest BCUT2D eigenvalue weighted by Gasteiger charge is 2.33. The largest absolute Gasteiger partial charge is 0.496 e. The van der Waals surface area contributed by atoms with E-state index in [4.69, 9.17) is 14.2 Å². The molecule has 0 aliphatic rings. The van der Waals surface area contributed by atoms with E-state index < -0.39 is 29.5 Å². The van der Waals surface area contributed by atoms with Gasteiger partial charge in [-0.25, -0.2) is 14.0 Å². The first kappa shape index (κ1) is 24.7. The third kappa shape index (κ3) is 7.22. The quantitative estimate of drug-likeness (QED) is 0.369. The summed E-state index contributed by atoms with van der Waals surface area (Å²) in [5.41, 5.74) is -1.16. The van der Waals surface area contributed by atoms with Gasteiger partial charge in [0.15, 0.2) is 0 Å². The highest BCUT2D eigenvalue weighted by atomic mass is 32.1. The van der Waals surface area contributed by atoms with Crippen LogP contribution < -0.4 is 10.1 Å². The number of nitrogens with zero attached hydrogens (tertiary/aromatic N) is 1. The summed E-state index contributed by atoms with van der Waals surface area (Å²) in [5, 5.41) is 11.7. The number of rotatable bonds is 11. The minimum Gasteiger partial charge on any atom is -0.496 e. The van der Waals surface area contributed by atoms with E-state index in [-0.39, 0.29) is 24.8 Å². The van der Waals surface area contributed by atoms with Crippen molar-refractivity contribution in [2.24, 2.45) is 0 Å². The lowest BCUT2D eigenvalue weighted by Crippen LogP contribution is -2.54. The Morgan fingerprint density at radius 3 is 2.52 bits per heavy atom. The van der Waals surface area contributed by atoms with Gasteiger partial charge < -0.3 is 24.6 Å². The molecule has 0 saturated heterocycles. The number of nitrogens with one attached hydrogen (secondary N) is 1. The van der Waals surface area contributed by atoms with Gasteiger partial charge in [-0.15, -0.1) is 12.6 Å². The molecule has 0 spiro atoms. The standard InChI is InChI=1S/C19H27FN2O6S/c1-12(29)22(18(25)21-19(2,3)17(23)24)11-16(28-9-8-26-4)14-10-13(20)6-7-15(14)27-5/h6-7,10,16,29H,1,8-9,11H2,2-5H3,(H,21,25)(H,23,24)/t16-/m0/s1. The number of amides is 2. The predicted octanol–water partition coefficient (Wildman–Crippen LogP) is 2.81. The van der Waals surface area contributed by atoms with E-state index in [2.05, 4.69) is 24.5 Å². The third-order valence-electron chi connectivity index (χ3n) is 4.00. The summed E-state index contributed by atoms with van der Waals surface area (Å²) in [4.78, 5) is 25.1. The van der Waals surface area contributed by atoms with Gasteiger partial charge in [0, 0.05) is 12.7 Å². The Bertz CT molecular complexity index is 743. The SMILES string of the molecule is C=C(S)N(C[C@H](OCCOC)c1cc(F)ccc1OC)C(=O)NC(C)(C)C(=O)O. The van der Waals surface area contributed by atoms with Gasteiger partial charge in [0.2, 0.25) is 0 Å². The van der Waals surface area contributed by atoms with Gasteiger partial charge in [-0.3, -0.25) is 4.90 Å². The van der Waals surface area contributed by atoms with Crippen LogP contribution in [0.1, 0.15) is 25.5 Å². The molecule has 0 heterocycles. The summed E-state index contributed by atoms with van der Waals surface area (Å²) in [6.45, 7) is 6.65. The second-order valence-electron chi connectivity index (χ2n) is 6.63. The van der Waals surface area contributed by atoms with Crippen LogP contribution in [0.2, 0.25) is 0 Å². The minimum absolute atomic E-state index is 0.0550. The number of carbonyl (C=O) groups excluding carboxylic acids is 1. The van der Waals surface area contributed by atoms with E-state index in [0.29, 0.717) is 11.3 Å². The summed E-state index contributed by atoms with van der Waals surface area (Å²) in [7, 11) is 2.94. The zero-order chi connectivity index (χ0) is 22.2. The molecular weight excluding hydrogens is 403 g/mol. The van der Waals surface area contributed by atoms with Crippen LogP contribution in [0.5, 0.6) is 5.75 Å². The average Bonchev–Trinajstić information content (AvgIpc) is 2.63. The normalized spacial score (nSPS) is 12.2. The molecule has 2 amide bonds. The number of benzene rings is 1. The number of carboxylic acid groups (broad SMARTS) is 1. The second-order valence-corrected chi connectivity index (χ2v) is 7.14. The number of thiol groups is 1. The maximum Gasteiger partial charge on any atom is 0.328 e. The molecule has 10 heteroatoms. The van der Waals surface area contributed by atoms with Gasteiger partial charge in [-0.05, 0) is 32.0 Å². The molecule has 1 aromatic carbocycles. The molecular formula is C19H27FN2O6S. The predicted molar refractivity (Wildman–Crippen MR) is 109 cm³/mol. The van der Waals surface area contributed by atoms with Crippen LogP contribution in [-0.4, -0.2) is 61.5 Å². The summed E-state index contributed by atoms with van der Waals surface area (Å²) < 4.78 is 29.9. The Kier molecular flexibility index (Phi) is 9.41. The summed E-state index contributed by atoms with van der Waals surface area (Å²) >= 11 is 4.14. The second kappa shape index (κ2) is 11.0. The van der Waals surface area contributed by atoms with Crippen molar-refractivity contribution >= 4 is 24.6 Å². The number of hydrogen-bond acceptors (Lipinski definition) is 6. The molecule has 1 atom stereocenters. The van der Waals surface area contributed by atoms with Gasteiger partial charge in [-0.1, -0.05) is 6.58 Å². The fourth-order valence-electron chi connectivity index (χ4n) is 2.33. The third-order valence-corrected chi connectivity index (χ3v) is 4.25. The van der Waals surface area contributed by atoms with Crippen LogP contribution in [0, 0.1) is 5.82 Å². The van der Waals surface area contributed by atoms with Crippen molar-refractivity contribution in [2.45, 2.75) is 25.5 Å². The molecule has 1 rings (SSSR count). The van der Waals surface area contributed by atoms with Crippen LogP contribution >= 0.6 is 12.6 Å². The van der Waals surface area contributed by atoms with Crippen molar-refractivity contribution in [1.82, 2.24) is 10.2 Å². The molecule has 0 aliphatic heterocycles. The zero-order valence-electron chi connectivity index (χ0n) is 16.9. The number of aliphatic carboxylic acids is 1. The molecule has 0 radical (unpaired) electrons. The van der Waals surface area contributed by atoms with Crippen LogP contribution in [-0.2, 0) is 14.3 Å². The first-order valence-corrected chi connectivity index (χ1v) is 9.13. The maximum atomic E-state index is 13.9. The van der Waals surface area contributed by atoms with Crippen molar-refractivity contribution < 1.29 is 33.3 Å². The molecule has 0 saturated carbocycles. The smallest absolute Gasteiger partial charge is 0.328 e. The first-order valence-electron chi connectivity index (χ1n) is 8.68. The van der Waals surface area contributed by atoms with E-state index in [9.17, 15) is 19.1 Å². The van der Waals surface area contributed by atoms with Crippen molar-refractivity contribution in [2.75, 3.05) is 34.0 Å². The van der Waals surface area contributed by atoms with Gasteiger partial charge >= 0.3 is 12.0 Å². The molecule has 162 valence electrons. The topological polar surface area (TPSA) is 97.3 Å². The van der Waals surface area contributed by atoms with Gasteiger partial charge in [-0.2, -0.15) is 0 Å². The molecule has 0 fully saturated rings. The Hall–Kier alpha value is -2.30. The monoisotopic (exact) mass is 430 g/mol. The fourth-order valence-corrected chi connectivity index (χ4v) is 2.50. The Labute approximate surface area is 175 Å². The van der Waals surface area contributed by atoms with E-state index in [1.54, 1.807) is 0 Å². The van der Waals surface area contributed by atoms with Crippen molar-refractivity contribution in [3.63, 3.8) is 0 Å². The van der Waals surface area contributed by atoms with Gasteiger partial charge in [0.1, 0.15) is 23.2 Å². The van der Waals surface area contributed by atoms with Crippen molar-refractivity contribution in [3.8, 4) is 5.75 Å². The van der Waals surface area contributed by atoms with Crippen LogP contribution in [0.3, 0.4) is 0 Å². The number of methoxy groups -OCH3 is 2. The Morgan fingerprint density at radius 2 is 2.00 bits per heavy atom. The highest BCUT2D eigenvalue weighted by Crippen LogP contribution is 2.30. The average molecular weight is 430 g/mol. The number of hydrogen-bond donors (Lipinski definition) is 3. The summed E-state index contributed by atoms with van der Waals surface area (Å²) in [5.74, 6) is -1.35. The van der Waals surface area contributed by atoms with E-state index in [1.807, 2.05) is 0 Å². The number of carboxylic acids is 1. The molecule has 8 nitrogen and oxygen atoms in total. The summed E-state index contributed by atoms with van der Waals surface area (Å²) in [6.07, 6.45) is -0.821. The fraction of sp³-hybridized carbons (Fsp3) is 0.474. The van der Waals surface area contributed by atoms with Crippen LogP contribution in [0.4, 0.5) is 9.18 Å². The maximum absolute atomic E-state index is 13.9. The first-order chi connectivity index (χ1) is 13.5. The van der Waals surface area contributed by atoms with Crippen molar-refractivity contribution in [3.05, 3.63) is 41.2 Å². The van der Waals surface area contributed by atoms with Crippen LogP contribution in [0.15, 0.2) is 29.8 Å². The lowest BCUT2D eigenvalue weighted by molar-refractivity contribution is -0.143. The number of urea groups is 1. The Balaban J connectivity index is 3.20. The molecule has 1 aromatic rings. The molecule has 0 aliphatic carbocycles. The van der Waals surface area contributed by atoms with E-state index in [1.165, 1.54) is 46.3 Å². The molecule has 0 bridgehead atoms. The van der Waals surface area contributed by atoms with Crippen molar-refractivity contribution in [1.29, 1.82) is 0 Å². The van der Waals surface area contributed by atoms with E-state index in [0.717, 1.165) is 4.90 Å². The lowest BCUT2D eigenvalue weighted by Gasteiger charge is -2.31. The number of ether oxygens (including phenoxy) is 3. The van der Waals surface area contributed by atoms with Gasteiger partial charge in [0.05, 0.1) is 31.9 Å². The molecule has 29 heavy (non-hydrogen) atoms. The summed E-state index contributed by atoms with van der Waals surface area (Å²) in [6, 6.07) is 3.19. The zero-order valence-corrected chi connectivity index (χ0v) is 17.8. The number of carbonyl (C=O) groups is 2. The lowest BCUT2D eigenvalue weighted by atomic mass is 10.1. The van der Waals surface area contributed by atoms with Gasteiger partial charge in [0.25, 0.3) is 0 Å². The number of halogens is 1.